The molecule has 4 heterocycles. The monoisotopic (exact) mass is 473 g/mol. The van der Waals surface area contributed by atoms with E-state index in [1.807, 2.05) is 11.9 Å². The molecule has 34 heavy (non-hydrogen) atoms. The number of aromatic nitrogens is 1. The molecule has 5 rings (SSSR count). The van der Waals surface area contributed by atoms with E-state index in [1.54, 1.807) is 4.90 Å². The molecule has 2 fully saturated rings. The normalized spacial score (nSPS) is 23.5. The molecule has 1 spiro atoms. The van der Waals surface area contributed by atoms with Gasteiger partial charge in [0.25, 0.3) is 5.91 Å². The second-order valence-electron chi connectivity index (χ2n) is 9.25. The van der Waals surface area contributed by atoms with Crippen molar-refractivity contribution < 1.29 is 28.2 Å². The van der Waals surface area contributed by atoms with E-state index < -0.39 is 34.5 Å². The predicted octanol–water partition coefficient (Wildman–Crippen LogP) is 2.20. The number of halogens is 2. The van der Waals surface area contributed by atoms with Crippen LogP contribution in [0.5, 0.6) is 5.75 Å². The van der Waals surface area contributed by atoms with E-state index in [9.17, 15) is 28.3 Å². The molecule has 8 nitrogen and oxygen atoms in total. The molecular formula is C24H25F2N3O5. The molecule has 0 unspecified atom stereocenters. The summed E-state index contributed by atoms with van der Waals surface area (Å²) in [5.41, 5.74) is -1.38. The fraction of sp³-hybridized carbons (Fsp3) is 0.458. The Kier molecular flexibility index (Phi) is 5.43. The van der Waals surface area contributed by atoms with Crippen molar-refractivity contribution >= 4 is 11.7 Å². The summed E-state index contributed by atoms with van der Waals surface area (Å²) in [4.78, 5) is 40.7. The number of hydrogen-bond acceptors (Lipinski definition) is 6. The largest absolute Gasteiger partial charge is 0.502 e. The average Bonchev–Trinajstić information content (AvgIpc) is 3.41. The quantitative estimate of drug-likeness (QED) is 0.670. The van der Waals surface area contributed by atoms with Crippen LogP contribution in [-0.2, 0) is 11.2 Å². The van der Waals surface area contributed by atoms with Crippen LogP contribution in [0.15, 0.2) is 29.2 Å². The summed E-state index contributed by atoms with van der Waals surface area (Å²) in [7, 11) is 0. The van der Waals surface area contributed by atoms with Crippen molar-refractivity contribution in [3.05, 3.63) is 63.1 Å². The number of aryl methyl sites for hydroxylation is 1. The van der Waals surface area contributed by atoms with E-state index in [4.69, 9.17) is 4.74 Å². The van der Waals surface area contributed by atoms with Gasteiger partial charge in [-0.25, -0.2) is 8.78 Å². The summed E-state index contributed by atoms with van der Waals surface area (Å²) in [6.45, 7) is 3.97. The highest BCUT2D eigenvalue weighted by Crippen LogP contribution is 2.44. The Morgan fingerprint density at radius 3 is 2.76 bits per heavy atom. The molecule has 1 aromatic heterocycles. The zero-order chi connectivity index (χ0) is 24.2. The second-order valence-corrected chi connectivity index (χ2v) is 9.25. The lowest BCUT2D eigenvalue weighted by molar-refractivity contribution is 0.0594. The molecular weight excluding hydrogens is 448 g/mol. The molecule has 180 valence electrons. The summed E-state index contributed by atoms with van der Waals surface area (Å²) in [5, 5.41) is 12.6. The molecule has 3 aliphatic heterocycles. The lowest BCUT2D eigenvalue weighted by atomic mass is 9.86. The first-order chi connectivity index (χ1) is 16.2. The van der Waals surface area contributed by atoms with E-state index in [0.717, 1.165) is 18.6 Å². The van der Waals surface area contributed by atoms with Gasteiger partial charge in [0.2, 0.25) is 5.43 Å². The Hall–Kier alpha value is -3.27. The average molecular weight is 473 g/mol. The van der Waals surface area contributed by atoms with Gasteiger partial charge in [0.05, 0.1) is 12.2 Å². The summed E-state index contributed by atoms with van der Waals surface area (Å²) < 4.78 is 34.2. The van der Waals surface area contributed by atoms with Crippen LogP contribution in [0.1, 0.15) is 52.6 Å². The number of pyridine rings is 1. The SMILES string of the molecule is CCN1C(=O)c2c(O)c(=O)c(C(=O)CCc3ccc(F)cc3F)cn2N2C[C@@]3(CCOC3)C[C@@H]12. The van der Waals surface area contributed by atoms with Crippen molar-refractivity contribution in [3.63, 3.8) is 0 Å². The second kappa shape index (κ2) is 8.19. The molecule has 1 amide bonds. The number of carbonyl (C=O) groups excluding carboxylic acids is 2. The molecule has 2 saturated heterocycles. The van der Waals surface area contributed by atoms with E-state index in [1.165, 1.54) is 16.9 Å². The number of nitrogens with zero attached hydrogens (tertiary/aromatic N) is 3. The van der Waals surface area contributed by atoms with Crippen molar-refractivity contribution in [1.82, 2.24) is 9.58 Å². The minimum atomic E-state index is -0.934. The van der Waals surface area contributed by atoms with Crippen LogP contribution < -0.4 is 10.4 Å². The summed E-state index contributed by atoms with van der Waals surface area (Å²) in [5.74, 6) is -3.33. The van der Waals surface area contributed by atoms with Crippen molar-refractivity contribution in [2.75, 3.05) is 31.3 Å². The standard InChI is InChI=1S/C24H25F2N3O5/c1-2-27-19-10-24(7-8-34-13-24)12-29(19)28-11-16(21(31)22(32)20(28)23(27)33)18(30)6-4-14-3-5-15(25)9-17(14)26/h3,5,9,11,19,32H,2,4,6-8,10,12-13H2,1H3/t19-,24+/m0/s1. The van der Waals surface area contributed by atoms with Crippen LogP contribution in [0.3, 0.4) is 0 Å². The molecule has 0 bridgehead atoms. The molecule has 1 aromatic carbocycles. The molecule has 0 radical (unpaired) electrons. The van der Waals surface area contributed by atoms with E-state index in [0.29, 0.717) is 32.7 Å². The Morgan fingerprint density at radius 2 is 2.09 bits per heavy atom. The number of ether oxygens (including phenoxy) is 1. The molecule has 0 aliphatic carbocycles. The number of benzene rings is 1. The van der Waals surface area contributed by atoms with Crippen molar-refractivity contribution in [2.45, 2.75) is 38.8 Å². The Balaban J connectivity index is 1.50. The predicted molar refractivity (Wildman–Crippen MR) is 117 cm³/mol. The number of hydrogen-bond donors (Lipinski definition) is 1. The van der Waals surface area contributed by atoms with Crippen LogP contribution in [0, 0.1) is 17.0 Å². The molecule has 2 aromatic rings. The third kappa shape index (κ3) is 3.48. The van der Waals surface area contributed by atoms with E-state index >= 15 is 0 Å². The van der Waals surface area contributed by atoms with Gasteiger partial charge in [-0.2, -0.15) is 0 Å². The molecule has 1 N–H and O–H groups in total. The van der Waals surface area contributed by atoms with Crippen LogP contribution in [0.25, 0.3) is 0 Å². The fourth-order valence-corrected chi connectivity index (χ4v) is 5.35. The number of rotatable bonds is 5. The molecule has 0 saturated carbocycles. The van der Waals surface area contributed by atoms with Gasteiger partial charge in [-0.15, -0.1) is 0 Å². The van der Waals surface area contributed by atoms with Crippen LogP contribution >= 0.6 is 0 Å². The third-order valence-electron chi connectivity index (χ3n) is 7.18. The Labute approximate surface area is 194 Å². The molecule has 2 atom stereocenters. The lowest BCUT2D eigenvalue weighted by Gasteiger charge is -2.42. The molecule has 10 heteroatoms. The van der Waals surface area contributed by atoms with E-state index in [-0.39, 0.29) is 41.2 Å². The number of amides is 1. The van der Waals surface area contributed by atoms with Gasteiger partial charge >= 0.3 is 0 Å². The highest BCUT2D eigenvalue weighted by atomic mass is 19.1. The van der Waals surface area contributed by atoms with Gasteiger partial charge < -0.3 is 14.7 Å². The van der Waals surface area contributed by atoms with Crippen LogP contribution in [0.2, 0.25) is 0 Å². The first-order valence-corrected chi connectivity index (χ1v) is 11.4. The maximum absolute atomic E-state index is 14.0. The Morgan fingerprint density at radius 1 is 1.29 bits per heavy atom. The van der Waals surface area contributed by atoms with Gasteiger partial charge in [-0.05, 0) is 37.8 Å². The van der Waals surface area contributed by atoms with Crippen LogP contribution in [-0.4, -0.2) is 58.8 Å². The number of ketones is 1. The van der Waals surface area contributed by atoms with Crippen molar-refractivity contribution in [1.29, 1.82) is 0 Å². The van der Waals surface area contributed by atoms with Gasteiger partial charge in [-0.1, -0.05) is 6.07 Å². The number of fused-ring (bicyclic) bond motifs is 3. The lowest BCUT2D eigenvalue weighted by Crippen LogP contribution is -2.58. The van der Waals surface area contributed by atoms with Gasteiger partial charge in [-0.3, -0.25) is 24.1 Å². The highest BCUT2D eigenvalue weighted by Gasteiger charge is 2.52. The topological polar surface area (TPSA) is 92.1 Å². The number of Topliss-reactive ketones (excluding diaryl/α,β-unsaturated/α-hetero) is 1. The third-order valence-corrected chi connectivity index (χ3v) is 7.18. The van der Waals surface area contributed by atoms with Crippen molar-refractivity contribution in [2.24, 2.45) is 5.41 Å². The maximum Gasteiger partial charge on any atom is 0.278 e. The molecule has 3 aliphatic rings. The summed E-state index contributed by atoms with van der Waals surface area (Å²) in [6, 6.07) is 3.09. The fourth-order valence-electron chi connectivity index (χ4n) is 5.35. The minimum Gasteiger partial charge on any atom is -0.502 e. The van der Waals surface area contributed by atoms with E-state index in [2.05, 4.69) is 0 Å². The Bertz CT molecular complexity index is 1240. The zero-order valence-electron chi connectivity index (χ0n) is 18.7. The highest BCUT2D eigenvalue weighted by molar-refractivity contribution is 6.00. The first kappa shape index (κ1) is 22.5. The zero-order valence-corrected chi connectivity index (χ0v) is 18.7. The number of aromatic hydroxyl groups is 1. The van der Waals surface area contributed by atoms with Gasteiger partial charge in [0, 0.05) is 43.8 Å². The first-order valence-electron chi connectivity index (χ1n) is 11.4. The van der Waals surface area contributed by atoms with Crippen molar-refractivity contribution in [3.8, 4) is 5.75 Å². The van der Waals surface area contributed by atoms with Gasteiger partial charge in [0.15, 0.2) is 17.2 Å². The summed E-state index contributed by atoms with van der Waals surface area (Å²) in [6.07, 6.45) is 2.29. The maximum atomic E-state index is 14.0. The van der Waals surface area contributed by atoms with Gasteiger partial charge in [0.1, 0.15) is 17.8 Å². The number of carbonyl (C=O) groups is 2. The summed E-state index contributed by atoms with van der Waals surface area (Å²) >= 11 is 0. The van der Waals surface area contributed by atoms with Crippen LogP contribution in [0.4, 0.5) is 8.78 Å². The smallest absolute Gasteiger partial charge is 0.278 e. The minimum absolute atomic E-state index is 0.0395.